The zero-order chi connectivity index (χ0) is 13.8. The van der Waals surface area contributed by atoms with Crippen LogP contribution in [0.1, 0.15) is 12.8 Å². The van der Waals surface area contributed by atoms with Gasteiger partial charge in [-0.3, -0.25) is 0 Å². The Morgan fingerprint density at radius 3 is 2.45 bits per heavy atom. The van der Waals surface area contributed by atoms with E-state index in [1.165, 1.54) is 0 Å². The second kappa shape index (κ2) is 5.82. The van der Waals surface area contributed by atoms with Crippen LogP contribution in [0.3, 0.4) is 0 Å². The van der Waals surface area contributed by atoms with E-state index in [0.29, 0.717) is 11.8 Å². The van der Waals surface area contributed by atoms with Gasteiger partial charge in [0.25, 0.3) is 0 Å². The molecule has 1 aliphatic rings. The summed E-state index contributed by atoms with van der Waals surface area (Å²) in [6.07, 6.45) is 4.03. The normalized spacial score (nSPS) is 16.1. The first-order valence-electron chi connectivity index (χ1n) is 7.03. The third-order valence-electron chi connectivity index (χ3n) is 3.71. The highest BCUT2D eigenvalue weighted by Gasteiger charge is 2.19. The summed E-state index contributed by atoms with van der Waals surface area (Å²) in [4.78, 5) is 6.73. The molecule has 2 aromatic rings. The first-order chi connectivity index (χ1) is 9.81. The van der Waals surface area contributed by atoms with E-state index < -0.39 is 0 Å². The minimum atomic E-state index is 0.306. The largest absolute Gasteiger partial charge is 0.508 e. The molecular weight excluding hydrogens is 250 g/mol. The quantitative estimate of drug-likeness (QED) is 0.841. The number of nitrogens with one attached hydrogen (secondary N) is 1. The number of aromatic hydroxyl groups is 1. The molecule has 0 radical (unpaired) electrons. The Bertz CT molecular complexity index is 533. The van der Waals surface area contributed by atoms with E-state index in [1.807, 2.05) is 30.5 Å². The van der Waals surface area contributed by atoms with Crippen molar-refractivity contribution in [1.29, 1.82) is 0 Å². The first-order valence-corrected chi connectivity index (χ1v) is 7.03. The van der Waals surface area contributed by atoms with E-state index in [1.54, 1.807) is 12.1 Å². The maximum absolute atomic E-state index is 9.28. The molecular formula is C16H19N3O. The van der Waals surface area contributed by atoms with Crippen molar-refractivity contribution in [3.05, 3.63) is 48.7 Å². The molecule has 0 unspecified atom stereocenters. The molecule has 20 heavy (non-hydrogen) atoms. The van der Waals surface area contributed by atoms with Gasteiger partial charge in [-0.1, -0.05) is 6.07 Å². The molecule has 1 aliphatic heterocycles. The zero-order valence-electron chi connectivity index (χ0n) is 11.4. The molecule has 0 atom stereocenters. The monoisotopic (exact) mass is 269 g/mol. The fourth-order valence-corrected chi connectivity index (χ4v) is 2.59. The molecule has 4 heteroatoms. The lowest BCUT2D eigenvalue weighted by atomic mass is 10.0. The van der Waals surface area contributed by atoms with Crippen LogP contribution in [0, 0.1) is 0 Å². The molecule has 0 aliphatic carbocycles. The van der Waals surface area contributed by atoms with Crippen LogP contribution < -0.4 is 10.2 Å². The van der Waals surface area contributed by atoms with Crippen molar-refractivity contribution in [2.75, 3.05) is 23.3 Å². The number of aromatic nitrogens is 1. The first kappa shape index (κ1) is 12.8. The Kier molecular flexibility index (Phi) is 3.72. The van der Waals surface area contributed by atoms with E-state index >= 15 is 0 Å². The van der Waals surface area contributed by atoms with E-state index in [2.05, 4.69) is 21.3 Å². The van der Waals surface area contributed by atoms with Crippen LogP contribution in [0.5, 0.6) is 5.75 Å². The predicted octanol–water partition coefficient (Wildman–Crippen LogP) is 2.87. The van der Waals surface area contributed by atoms with Crippen molar-refractivity contribution in [3.8, 4) is 5.75 Å². The smallest absolute Gasteiger partial charge is 0.128 e. The molecule has 1 saturated heterocycles. The number of pyridine rings is 1. The number of benzene rings is 1. The Labute approximate surface area is 119 Å². The van der Waals surface area contributed by atoms with Crippen LogP contribution in [0.15, 0.2) is 48.7 Å². The van der Waals surface area contributed by atoms with Gasteiger partial charge in [0.1, 0.15) is 11.6 Å². The Balaban J connectivity index is 1.55. The highest BCUT2D eigenvalue weighted by molar-refractivity contribution is 5.47. The summed E-state index contributed by atoms with van der Waals surface area (Å²) in [5.74, 6) is 1.37. The Hall–Kier alpha value is -2.23. The van der Waals surface area contributed by atoms with Gasteiger partial charge in [0.15, 0.2) is 0 Å². The maximum Gasteiger partial charge on any atom is 0.128 e. The fourth-order valence-electron chi connectivity index (χ4n) is 2.59. The van der Waals surface area contributed by atoms with E-state index in [4.69, 9.17) is 0 Å². The Morgan fingerprint density at radius 2 is 1.80 bits per heavy atom. The van der Waals surface area contributed by atoms with Gasteiger partial charge < -0.3 is 15.3 Å². The van der Waals surface area contributed by atoms with Crippen LogP contribution in [-0.2, 0) is 0 Å². The van der Waals surface area contributed by atoms with Gasteiger partial charge in [-0.2, -0.15) is 0 Å². The Morgan fingerprint density at radius 1 is 1.05 bits per heavy atom. The highest BCUT2D eigenvalue weighted by atomic mass is 16.3. The summed E-state index contributed by atoms with van der Waals surface area (Å²) in [7, 11) is 0. The van der Waals surface area contributed by atoms with Crippen LogP contribution >= 0.6 is 0 Å². The van der Waals surface area contributed by atoms with Crippen molar-refractivity contribution in [2.24, 2.45) is 0 Å². The zero-order valence-corrected chi connectivity index (χ0v) is 11.4. The number of rotatable bonds is 3. The second-order valence-corrected chi connectivity index (χ2v) is 5.14. The third kappa shape index (κ3) is 3.02. The minimum absolute atomic E-state index is 0.306. The lowest BCUT2D eigenvalue weighted by molar-refractivity contribution is 0.475. The van der Waals surface area contributed by atoms with E-state index in [0.717, 1.165) is 37.4 Å². The molecule has 0 bridgehead atoms. The number of phenols is 1. The molecule has 1 aromatic carbocycles. The van der Waals surface area contributed by atoms with Gasteiger partial charge in [0.05, 0.1) is 0 Å². The average Bonchev–Trinajstić information content (AvgIpc) is 2.51. The molecule has 0 spiro atoms. The summed E-state index contributed by atoms with van der Waals surface area (Å²) >= 11 is 0. The summed E-state index contributed by atoms with van der Waals surface area (Å²) in [6.45, 7) is 2.04. The number of nitrogens with zero attached hydrogens (tertiary/aromatic N) is 2. The molecule has 4 nitrogen and oxygen atoms in total. The van der Waals surface area contributed by atoms with Crippen molar-refractivity contribution in [2.45, 2.75) is 18.9 Å². The molecule has 104 valence electrons. The lowest BCUT2D eigenvalue weighted by Gasteiger charge is -2.33. The van der Waals surface area contributed by atoms with Crippen LogP contribution in [0.4, 0.5) is 11.5 Å². The number of anilines is 2. The molecule has 2 N–H and O–H groups in total. The SMILES string of the molecule is Oc1ccc(NC2CCN(c3ccccn3)CC2)cc1. The van der Waals surface area contributed by atoms with Gasteiger partial charge in [-0.05, 0) is 49.2 Å². The molecule has 0 amide bonds. The van der Waals surface area contributed by atoms with Crippen molar-refractivity contribution < 1.29 is 5.11 Å². The fraction of sp³-hybridized carbons (Fsp3) is 0.312. The lowest BCUT2D eigenvalue weighted by Crippen LogP contribution is -2.39. The van der Waals surface area contributed by atoms with Gasteiger partial charge in [-0.25, -0.2) is 4.98 Å². The average molecular weight is 269 g/mol. The van der Waals surface area contributed by atoms with Gasteiger partial charge in [-0.15, -0.1) is 0 Å². The molecule has 1 aromatic heterocycles. The molecule has 2 heterocycles. The van der Waals surface area contributed by atoms with Crippen LogP contribution in [0.2, 0.25) is 0 Å². The van der Waals surface area contributed by atoms with E-state index in [9.17, 15) is 5.11 Å². The summed E-state index contributed by atoms with van der Waals surface area (Å²) in [5.41, 5.74) is 1.07. The predicted molar refractivity (Wildman–Crippen MR) is 81.2 cm³/mol. The number of piperidine rings is 1. The molecule has 3 rings (SSSR count). The third-order valence-corrected chi connectivity index (χ3v) is 3.71. The summed E-state index contributed by atoms with van der Waals surface area (Å²) in [5, 5.41) is 12.8. The highest BCUT2D eigenvalue weighted by Crippen LogP contribution is 2.21. The molecule has 1 fully saturated rings. The van der Waals surface area contributed by atoms with Gasteiger partial charge in [0.2, 0.25) is 0 Å². The topological polar surface area (TPSA) is 48.4 Å². The standard InChI is InChI=1S/C16H19N3O/c20-15-6-4-13(5-7-15)18-14-8-11-19(12-9-14)16-3-1-2-10-17-16/h1-7,10,14,18,20H,8-9,11-12H2. The van der Waals surface area contributed by atoms with Crippen molar-refractivity contribution in [3.63, 3.8) is 0 Å². The number of phenolic OH excluding ortho intramolecular Hbond substituents is 1. The number of hydrogen-bond acceptors (Lipinski definition) is 4. The summed E-state index contributed by atoms with van der Waals surface area (Å²) < 4.78 is 0. The maximum atomic E-state index is 9.28. The van der Waals surface area contributed by atoms with Crippen molar-refractivity contribution >= 4 is 11.5 Å². The van der Waals surface area contributed by atoms with Crippen molar-refractivity contribution in [1.82, 2.24) is 4.98 Å². The molecule has 0 saturated carbocycles. The summed E-state index contributed by atoms with van der Waals surface area (Å²) in [6, 6.07) is 13.8. The second-order valence-electron chi connectivity index (χ2n) is 5.14. The van der Waals surface area contributed by atoms with E-state index in [-0.39, 0.29) is 0 Å². The number of hydrogen-bond donors (Lipinski definition) is 2. The minimum Gasteiger partial charge on any atom is -0.508 e. The van der Waals surface area contributed by atoms with Crippen LogP contribution in [0.25, 0.3) is 0 Å². The van der Waals surface area contributed by atoms with Gasteiger partial charge >= 0.3 is 0 Å². The van der Waals surface area contributed by atoms with Gasteiger partial charge in [0, 0.05) is 31.0 Å². The van der Waals surface area contributed by atoms with Crippen LogP contribution in [-0.4, -0.2) is 29.2 Å².